The van der Waals surface area contributed by atoms with Gasteiger partial charge in [0.15, 0.2) is 5.82 Å². The van der Waals surface area contributed by atoms with Crippen LogP contribution in [0.1, 0.15) is 29.5 Å². The van der Waals surface area contributed by atoms with Gasteiger partial charge in [0.05, 0.1) is 15.7 Å². The molecule has 0 aromatic carbocycles. The molecule has 0 atom stereocenters. The van der Waals surface area contributed by atoms with Crippen LogP contribution in [0.15, 0.2) is 22.8 Å². The van der Waals surface area contributed by atoms with Crippen molar-refractivity contribution < 1.29 is 4.79 Å². The summed E-state index contributed by atoms with van der Waals surface area (Å²) >= 11 is 15.4. The van der Waals surface area contributed by atoms with E-state index in [0.717, 1.165) is 17.4 Å². The van der Waals surface area contributed by atoms with Crippen molar-refractivity contribution in [1.29, 1.82) is 0 Å². The maximum absolute atomic E-state index is 12.4. The van der Waals surface area contributed by atoms with Gasteiger partial charge in [0.2, 0.25) is 0 Å². The largest absolute Gasteiger partial charge is 0.342 e. The molecule has 112 valence electrons. The number of rotatable bonds is 4. The fourth-order valence-electron chi connectivity index (χ4n) is 1.91. The number of amides is 1. The van der Waals surface area contributed by atoms with Crippen LogP contribution in [0.2, 0.25) is 10.0 Å². The third-order valence-electron chi connectivity index (χ3n) is 2.90. The average Bonchev–Trinajstić information content (AvgIpc) is 2.77. The van der Waals surface area contributed by atoms with Gasteiger partial charge in [-0.15, -0.1) is 0 Å². The van der Waals surface area contributed by atoms with E-state index in [2.05, 4.69) is 33.2 Å². The second kappa shape index (κ2) is 6.81. The van der Waals surface area contributed by atoms with Crippen molar-refractivity contribution >= 4 is 50.9 Å². The Hall–Kier alpha value is -1.04. The van der Waals surface area contributed by atoms with Gasteiger partial charge in [0, 0.05) is 17.2 Å². The summed E-state index contributed by atoms with van der Waals surface area (Å²) in [5.41, 5.74) is 1.16. The van der Waals surface area contributed by atoms with Crippen molar-refractivity contribution in [3.8, 4) is 0 Å². The number of carbonyl (C=O) groups excluding carboxylic acids is 1. The lowest BCUT2D eigenvalue weighted by molar-refractivity contribution is 0.101. The Labute approximate surface area is 141 Å². The van der Waals surface area contributed by atoms with E-state index in [0.29, 0.717) is 27.3 Å². The molecule has 0 bridgehead atoms. The number of aromatic nitrogens is 2. The second-order valence-corrected chi connectivity index (χ2v) is 6.31. The van der Waals surface area contributed by atoms with Crippen LogP contribution in [-0.2, 0) is 6.54 Å². The van der Waals surface area contributed by atoms with Gasteiger partial charge in [-0.05, 0) is 41.4 Å². The third kappa shape index (κ3) is 3.78. The molecule has 2 aromatic rings. The van der Waals surface area contributed by atoms with Gasteiger partial charge in [-0.25, -0.2) is 4.98 Å². The van der Waals surface area contributed by atoms with E-state index in [1.807, 2.05) is 10.8 Å². The maximum atomic E-state index is 12.4. The van der Waals surface area contributed by atoms with E-state index in [-0.39, 0.29) is 5.91 Å². The fourth-order valence-corrected chi connectivity index (χ4v) is 2.78. The van der Waals surface area contributed by atoms with E-state index >= 15 is 0 Å². The van der Waals surface area contributed by atoms with Crippen molar-refractivity contribution in [3.63, 3.8) is 0 Å². The summed E-state index contributed by atoms with van der Waals surface area (Å²) in [5, 5.41) is 3.50. The van der Waals surface area contributed by atoms with E-state index in [1.165, 1.54) is 0 Å². The molecule has 0 saturated carbocycles. The van der Waals surface area contributed by atoms with Gasteiger partial charge in [-0.3, -0.25) is 4.79 Å². The molecule has 2 heterocycles. The summed E-state index contributed by atoms with van der Waals surface area (Å²) in [6, 6.07) is 3.34. The highest BCUT2D eigenvalue weighted by Gasteiger charge is 2.16. The minimum Gasteiger partial charge on any atom is -0.342 e. The van der Waals surface area contributed by atoms with Gasteiger partial charge in [-0.1, -0.05) is 30.1 Å². The highest BCUT2D eigenvalue weighted by atomic mass is 79.9. The molecular formula is C14H14BrCl2N3O. The molecule has 7 heteroatoms. The molecule has 0 saturated heterocycles. The monoisotopic (exact) mass is 389 g/mol. The van der Waals surface area contributed by atoms with Crippen LogP contribution in [0, 0.1) is 6.92 Å². The summed E-state index contributed by atoms with van der Waals surface area (Å²) in [6.07, 6.45) is 2.81. The zero-order valence-corrected chi connectivity index (χ0v) is 14.7. The summed E-state index contributed by atoms with van der Waals surface area (Å²) in [4.78, 5) is 16.6. The van der Waals surface area contributed by atoms with Crippen LogP contribution >= 0.6 is 39.1 Å². The number of aryl methyl sites for hydroxylation is 2. The van der Waals surface area contributed by atoms with Gasteiger partial charge < -0.3 is 9.88 Å². The van der Waals surface area contributed by atoms with Crippen LogP contribution in [0.5, 0.6) is 0 Å². The molecule has 0 spiro atoms. The lowest BCUT2D eigenvalue weighted by Crippen LogP contribution is -2.18. The zero-order chi connectivity index (χ0) is 15.6. The van der Waals surface area contributed by atoms with E-state index < -0.39 is 0 Å². The predicted octanol–water partition coefficient (Wildman–Crippen LogP) is 4.92. The number of anilines is 1. The minimum absolute atomic E-state index is 0.259. The molecule has 0 radical (unpaired) electrons. The number of hydrogen-bond donors (Lipinski definition) is 1. The second-order valence-electron chi connectivity index (χ2n) is 4.58. The molecule has 0 aliphatic carbocycles. The Kier molecular flexibility index (Phi) is 5.30. The van der Waals surface area contributed by atoms with E-state index in [9.17, 15) is 4.79 Å². The number of carbonyl (C=O) groups is 1. The molecule has 1 amide bonds. The predicted molar refractivity (Wildman–Crippen MR) is 89.4 cm³/mol. The SMILES string of the molecule is CCCn1cc(Br)cc1C(=O)Nc1nc(C)c(Cl)cc1Cl. The van der Waals surface area contributed by atoms with Gasteiger partial charge in [0.25, 0.3) is 5.91 Å². The van der Waals surface area contributed by atoms with E-state index in [1.54, 1.807) is 19.1 Å². The highest BCUT2D eigenvalue weighted by molar-refractivity contribution is 9.10. The first kappa shape index (κ1) is 16.3. The van der Waals surface area contributed by atoms with Crippen molar-refractivity contribution in [1.82, 2.24) is 9.55 Å². The topological polar surface area (TPSA) is 46.9 Å². The van der Waals surface area contributed by atoms with Crippen molar-refractivity contribution in [3.05, 3.63) is 44.2 Å². The van der Waals surface area contributed by atoms with Crippen LogP contribution in [0.3, 0.4) is 0 Å². The third-order valence-corrected chi connectivity index (χ3v) is 4.00. The number of hydrogen-bond acceptors (Lipinski definition) is 2. The Bertz CT molecular complexity index is 685. The summed E-state index contributed by atoms with van der Waals surface area (Å²) in [7, 11) is 0. The molecule has 2 rings (SSSR count). The normalized spacial score (nSPS) is 10.7. The minimum atomic E-state index is -0.259. The summed E-state index contributed by atoms with van der Waals surface area (Å²) in [6.45, 7) is 4.57. The first-order valence-electron chi connectivity index (χ1n) is 6.42. The molecule has 0 unspecified atom stereocenters. The summed E-state index contributed by atoms with van der Waals surface area (Å²) in [5.74, 6) is 0.0502. The quantitative estimate of drug-likeness (QED) is 0.804. The Morgan fingerprint density at radius 3 is 2.76 bits per heavy atom. The van der Waals surface area contributed by atoms with Crippen molar-refractivity contribution in [2.75, 3.05) is 5.32 Å². The smallest absolute Gasteiger partial charge is 0.273 e. The fraction of sp³-hybridized carbons (Fsp3) is 0.286. The van der Waals surface area contributed by atoms with Gasteiger partial charge in [-0.2, -0.15) is 0 Å². The first-order chi connectivity index (χ1) is 9.92. The lowest BCUT2D eigenvalue weighted by Gasteiger charge is -2.10. The van der Waals surface area contributed by atoms with Crippen molar-refractivity contribution in [2.24, 2.45) is 0 Å². The summed E-state index contributed by atoms with van der Waals surface area (Å²) < 4.78 is 2.74. The lowest BCUT2D eigenvalue weighted by atomic mass is 10.3. The molecule has 21 heavy (non-hydrogen) atoms. The molecule has 0 fully saturated rings. The highest BCUT2D eigenvalue weighted by Crippen LogP contribution is 2.26. The molecule has 4 nitrogen and oxygen atoms in total. The molecular weight excluding hydrogens is 377 g/mol. The van der Waals surface area contributed by atoms with Crippen LogP contribution in [0.4, 0.5) is 5.82 Å². The Morgan fingerprint density at radius 2 is 2.10 bits per heavy atom. The Balaban J connectivity index is 2.28. The number of halogens is 3. The molecule has 2 aromatic heterocycles. The van der Waals surface area contributed by atoms with Crippen LogP contribution in [0.25, 0.3) is 0 Å². The number of pyridine rings is 1. The van der Waals surface area contributed by atoms with Crippen LogP contribution < -0.4 is 5.32 Å². The van der Waals surface area contributed by atoms with Gasteiger partial charge in [0.1, 0.15) is 5.69 Å². The maximum Gasteiger partial charge on any atom is 0.273 e. The molecule has 0 aliphatic heterocycles. The molecule has 1 N–H and O–H groups in total. The number of nitrogens with one attached hydrogen (secondary N) is 1. The standard InChI is InChI=1S/C14H14BrCl2N3O/c1-3-4-20-7-9(15)5-12(20)14(21)19-13-11(17)6-10(16)8(2)18-13/h5-7H,3-4H2,1-2H3,(H,18,19,21). The number of nitrogens with zero attached hydrogens (tertiary/aromatic N) is 2. The first-order valence-corrected chi connectivity index (χ1v) is 7.97. The Morgan fingerprint density at radius 1 is 1.38 bits per heavy atom. The zero-order valence-electron chi connectivity index (χ0n) is 11.6. The van der Waals surface area contributed by atoms with Crippen LogP contribution in [-0.4, -0.2) is 15.5 Å². The van der Waals surface area contributed by atoms with E-state index in [4.69, 9.17) is 23.2 Å². The molecule has 0 aliphatic rings. The van der Waals surface area contributed by atoms with Gasteiger partial charge >= 0.3 is 0 Å². The average molecular weight is 391 g/mol. The van der Waals surface area contributed by atoms with Crippen molar-refractivity contribution in [2.45, 2.75) is 26.8 Å².